The summed E-state index contributed by atoms with van der Waals surface area (Å²) in [4.78, 5) is 15.8. The van der Waals surface area contributed by atoms with Crippen LogP contribution < -0.4 is 9.62 Å². The third kappa shape index (κ3) is 3.38. The van der Waals surface area contributed by atoms with Crippen LogP contribution in [0.5, 0.6) is 11.5 Å². The van der Waals surface area contributed by atoms with Gasteiger partial charge in [-0.05, 0) is 24.5 Å². The van der Waals surface area contributed by atoms with E-state index in [0.717, 1.165) is 0 Å². The molecule has 18 nitrogen and oxygen atoms in total. The zero-order valence-electron chi connectivity index (χ0n) is 18.4. The zero-order valence-corrected chi connectivity index (χ0v) is 18.4. The van der Waals surface area contributed by atoms with E-state index in [2.05, 4.69) is 9.62 Å². The van der Waals surface area contributed by atoms with Gasteiger partial charge in [0.2, 0.25) is 17.3 Å². The third-order valence-electron chi connectivity index (χ3n) is 6.03. The fraction of sp³-hybridized carbons (Fsp3) is 0.611. The molecule has 0 aromatic heterocycles. The first-order valence-electron chi connectivity index (χ1n) is 9.90. The first-order valence-corrected chi connectivity index (χ1v) is 9.90. The van der Waals surface area contributed by atoms with Crippen LogP contribution in [0.25, 0.3) is 0 Å². The SMILES string of the molecule is CC(C)CC1(O)C(=O)C(O)(O)C2(O)c3cc(OC(O)(O)O)c(OO)cc3C(O)(O)C(O)(O)N2C1(O)O. The fourth-order valence-electron chi connectivity index (χ4n) is 4.51. The molecule has 2 unspecified atom stereocenters. The number of ketones is 1. The number of benzene rings is 1. The molecule has 2 aliphatic heterocycles. The Balaban J connectivity index is 2.51. The van der Waals surface area contributed by atoms with Crippen molar-refractivity contribution in [3.8, 4) is 11.5 Å². The molecule has 0 aliphatic carbocycles. The van der Waals surface area contributed by atoms with E-state index < -0.39 is 86.5 Å². The summed E-state index contributed by atoms with van der Waals surface area (Å²) >= 11 is 0. The Hall–Kier alpha value is -2.11. The van der Waals surface area contributed by atoms with Crippen LogP contribution in [0.1, 0.15) is 31.4 Å². The number of rotatable bonds is 5. The van der Waals surface area contributed by atoms with Crippen LogP contribution in [0, 0.1) is 5.92 Å². The van der Waals surface area contributed by atoms with E-state index in [-0.39, 0.29) is 12.1 Å². The minimum atomic E-state index is -4.61. The molecular formula is C18H25NO17. The van der Waals surface area contributed by atoms with E-state index in [0.29, 0.717) is 0 Å². The van der Waals surface area contributed by atoms with Gasteiger partial charge in [-0.2, -0.15) is 4.90 Å². The largest absolute Gasteiger partial charge is 0.453 e. The molecule has 2 heterocycles. The highest BCUT2D eigenvalue weighted by molar-refractivity contribution is 5.96. The number of fused-ring (bicyclic) bond motifs is 3. The summed E-state index contributed by atoms with van der Waals surface area (Å²) < 4.78 is 4.22. The van der Waals surface area contributed by atoms with Gasteiger partial charge in [-0.25, -0.2) is 5.26 Å². The number of hydrogen-bond donors (Lipinski definition) is 14. The summed E-state index contributed by atoms with van der Waals surface area (Å²) in [5.74, 6) is -23.3. The molecule has 36 heavy (non-hydrogen) atoms. The number of ether oxygens (including phenoxy) is 1. The maximum Gasteiger partial charge on any atom is 0.453 e. The Morgan fingerprint density at radius 3 is 1.78 bits per heavy atom. The number of piperidine rings is 1. The normalized spacial score (nSPS) is 30.5. The summed E-state index contributed by atoms with van der Waals surface area (Å²) in [5.41, 5.74) is -10.9. The van der Waals surface area contributed by atoms with Gasteiger partial charge < -0.3 is 76.0 Å². The Bertz CT molecular complexity index is 1080. The lowest BCUT2D eigenvalue weighted by Crippen LogP contribution is -2.92. The van der Waals surface area contributed by atoms with Gasteiger partial charge in [0.1, 0.15) is 0 Å². The lowest BCUT2D eigenvalue weighted by atomic mass is 9.67. The van der Waals surface area contributed by atoms with Crippen molar-refractivity contribution >= 4 is 5.78 Å². The monoisotopic (exact) mass is 527 g/mol. The minimum absolute atomic E-state index is 0.124. The number of aliphatic hydroxyl groups is 13. The average molecular weight is 527 g/mol. The highest BCUT2D eigenvalue weighted by Crippen LogP contribution is 2.60. The number of hydrogen-bond acceptors (Lipinski definition) is 18. The lowest BCUT2D eigenvalue weighted by Gasteiger charge is -2.65. The van der Waals surface area contributed by atoms with Gasteiger partial charge in [0.05, 0.1) is 0 Å². The van der Waals surface area contributed by atoms with E-state index in [1.54, 1.807) is 0 Å². The molecule has 3 rings (SSSR count). The molecule has 0 amide bonds. The summed E-state index contributed by atoms with van der Waals surface area (Å²) in [6.07, 6.45) is -5.09. The molecule has 2 atom stereocenters. The number of carbonyl (C=O) groups is 1. The van der Waals surface area contributed by atoms with Crippen LogP contribution in [0.4, 0.5) is 0 Å². The Morgan fingerprint density at radius 2 is 1.33 bits per heavy atom. The number of Topliss-reactive ketones (excluding diaryl/α,β-unsaturated/α-hetero) is 1. The molecule has 0 spiro atoms. The second-order valence-corrected chi connectivity index (χ2v) is 9.02. The summed E-state index contributed by atoms with van der Waals surface area (Å²) in [6.45, 7) is 2.62. The molecule has 1 saturated heterocycles. The molecule has 18 heteroatoms. The molecule has 1 aromatic rings. The fourth-order valence-corrected chi connectivity index (χ4v) is 4.51. The van der Waals surface area contributed by atoms with Gasteiger partial charge in [0.15, 0.2) is 11.4 Å². The second kappa shape index (κ2) is 7.70. The first-order chi connectivity index (χ1) is 15.9. The predicted molar refractivity (Wildman–Crippen MR) is 102 cm³/mol. The number of nitrogens with zero attached hydrogens (tertiary/aromatic N) is 1. The Kier molecular flexibility index (Phi) is 6.09. The molecule has 1 fully saturated rings. The van der Waals surface area contributed by atoms with Crippen LogP contribution >= 0.6 is 0 Å². The van der Waals surface area contributed by atoms with Crippen LogP contribution in [0.3, 0.4) is 0 Å². The highest BCUT2D eigenvalue weighted by Gasteiger charge is 2.85. The van der Waals surface area contributed by atoms with Crippen molar-refractivity contribution in [2.45, 2.75) is 61.1 Å². The first kappa shape index (κ1) is 28.5. The molecule has 2 aliphatic rings. The van der Waals surface area contributed by atoms with Gasteiger partial charge in [0.25, 0.3) is 23.4 Å². The lowest BCUT2D eigenvalue weighted by molar-refractivity contribution is -0.559. The van der Waals surface area contributed by atoms with Crippen LogP contribution in [-0.2, 0) is 16.3 Å². The smallest absolute Gasteiger partial charge is 0.413 e. The highest BCUT2D eigenvalue weighted by atomic mass is 17.1. The molecule has 0 bridgehead atoms. The van der Waals surface area contributed by atoms with Gasteiger partial charge in [-0.1, -0.05) is 13.8 Å². The molecule has 1 aromatic carbocycles. The van der Waals surface area contributed by atoms with E-state index in [1.807, 2.05) is 0 Å². The molecule has 0 radical (unpaired) electrons. The van der Waals surface area contributed by atoms with Crippen molar-refractivity contribution in [1.82, 2.24) is 4.90 Å². The minimum Gasteiger partial charge on any atom is -0.413 e. The maximum atomic E-state index is 13.0. The van der Waals surface area contributed by atoms with Crippen molar-refractivity contribution in [3.63, 3.8) is 0 Å². The van der Waals surface area contributed by atoms with Crippen molar-refractivity contribution in [2.24, 2.45) is 5.92 Å². The standard InChI is InChI=1S/C18H25NO17/c1-6(2)5-12(21)11(20)15(25,26)13(22)7-3-9(35-18(31,32)33)10(36-34)4-8(7)14(23,24)17(29,30)19(13)16(12,27)28/h3-4,6,21-34H,5H2,1-2H3. The topological polar surface area (TPSA) is 322 Å². The van der Waals surface area contributed by atoms with E-state index in [1.165, 1.54) is 13.8 Å². The molecule has 204 valence electrons. The van der Waals surface area contributed by atoms with Crippen LogP contribution in [0.2, 0.25) is 0 Å². The van der Waals surface area contributed by atoms with E-state index in [9.17, 15) is 55.9 Å². The van der Waals surface area contributed by atoms with Gasteiger partial charge in [-0.3, -0.25) is 4.79 Å². The quantitative estimate of drug-likeness (QED) is 0.0960. The van der Waals surface area contributed by atoms with Gasteiger partial charge in [-0.15, -0.1) is 0 Å². The Morgan fingerprint density at radius 1 is 0.833 bits per heavy atom. The summed E-state index contributed by atoms with van der Waals surface area (Å²) in [5, 5.41) is 144. The van der Waals surface area contributed by atoms with Crippen molar-refractivity contribution < 1.29 is 86.1 Å². The Labute approximate surface area is 199 Å². The van der Waals surface area contributed by atoms with Crippen molar-refractivity contribution in [2.75, 3.05) is 0 Å². The summed E-state index contributed by atoms with van der Waals surface area (Å²) in [6, 6.07) is 0.290. The maximum absolute atomic E-state index is 13.0. The van der Waals surface area contributed by atoms with E-state index in [4.69, 9.17) is 20.6 Å². The van der Waals surface area contributed by atoms with E-state index >= 15 is 0 Å². The van der Waals surface area contributed by atoms with Crippen molar-refractivity contribution in [3.05, 3.63) is 23.3 Å². The molecule has 0 saturated carbocycles. The van der Waals surface area contributed by atoms with Gasteiger partial charge >= 0.3 is 6.16 Å². The molecular weight excluding hydrogens is 502 g/mol. The van der Waals surface area contributed by atoms with Crippen LogP contribution in [0.15, 0.2) is 12.1 Å². The second-order valence-electron chi connectivity index (χ2n) is 9.02. The average Bonchev–Trinajstić information content (AvgIpc) is 2.68. The third-order valence-corrected chi connectivity index (χ3v) is 6.03. The summed E-state index contributed by atoms with van der Waals surface area (Å²) in [7, 11) is 0. The van der Waals surface area contributed by atoms with Gasteiger partial charge in [0, 0.05) is 11.1 Å². The molecule has 14 N–H and O–H groups in total. The zero-order chi connectivity index (χ0) is 28.1. The van der Waals surface area contributed by atoms with Crippen molar-refractivity contribution in [1.29, 1.82) is 0 Å². The number of carbonyl (C=O) groups excluding carboxylic acids is 1. The predicted octanol–water partition coefficient (Wildman–Crippen LogP) is -6.58. The van der Waals surface area contributed by atoms with Crippen LogP contribution in [-0.4, -0.2) is 112 Å².